The van der Waals surface area contributed by atoms with E-state index in [4.69, 9.17) is 20.9 Å². The minimum absolute atomic E-state index is 0.150. The van der Waals surface area contributed by atoms with Crippen LogP contribution in [-0.4, -0.2) is 28.0 Å². The van der Waals surface area contributed by atoms with Gasteiger partial charge in [-0.25, -0.2) is 0 Å². The van der Waals surface area contributed by atoms with Gasteiger partial charge < -0.3 is 14.2 Å². The summed E-state index contributed by atoms with van der Waals surface area (Å²) < 4.78 is 11.0. The number of benzene rings is 2. The van der Waals surface area contributed by atoms with Crippen molar-refractivity contribution in [2.45, 2.75) is 13.2 Å². The molecule has 0 aliphatic rings. The van der Waals surface area contributed by atoms with Crippen molar-refractivity contribution in [2.75, 3.05) is 7.05 Å². The lowest BCUT2D eigenvalue weighted by atomic mass is 10.2. The van der Waals surface area contributed by atoms with E-state index in [9.17, 15) is 4.79 Å². The van der Waals surface area contributed by atoms with Crippen LogP contribution in [0.3, 0.4) is 0 Å². The first kappa shape index (κ1) is 20.1. The third-order valence-electron chi connectivity index (χ3n) is 4.38. The van der Waals surface area contributed by atoms with E-state index in [2.05, 4.69) is 10.1 Å². The molecule has 2 aromatic carbocycles. The molecule has 2 aromatic heterocycles. The average molecular weight is 440 g/mol. The predicted octanol–water partition coefficient (Wildman–Crippen LogP) is 5.30. The molecule has 0 aliphatic heterocycles. The molecule has 6 nitrogen and oxygen atoms in total. The van der Waals surface area contributed by atoms with E-state index in [0.717, 1.165) is 10.4 Å². The maximum Gasteiger partial charge on any atom is 0.254 e. The summed E-state index contributed by atoms with van der Waals surface area (Å²) in [4.78, 5) is 19.5. The van der Waals surface area contributed by atoms with Crippen LogP contribution in [0.5, 0.6) is 5.75 Å². The van der Waals surface area contributed by atoms with E-state index >= 15 is 0 Å². The molecule has 1 amide bonds. The van der Waals surface area contributed by atoms with Crippen molar-refractivity contribution in [3.8, 4) is 16.5 Å². The van der Waals surface area contributed by atoms with Crippen molar-refractivity contribution in [1.29, 1.82) is 0 Å². The molecule has 4 aromatic rings. The Morgan fingerprint density at radius 3 is 2.67 bits per heavy atom. The first-order valence-electron chi connectivity index (χ1n) is 9.18. The van der Waals surface area contributed by atoms with Crippen molar-refractivity contribution >= 4 is 28.8 Å². The molecule has 0 saturated heterocycles. The molecular formula is C22H18ClN3O3S. The Kier molecular flexibility index (Phi) is 6.11. The van der Waals surface area contributed by atoms with Gasteiger partial charge in [0.05, 0.1) is 11.4 Å². The van der Waals surface area contributed by atoms with Gasteiger partial charge in [0.1, 0.15) is 12.4 Å². The Labute approximate surface area is 182 Å². The molecule has 0 radical (unpaired) electrons. The summed E-state index contributed by atoms with van der Waals surface area (Å²) in [7, 11) is 1.69. The van der Waals surface area contributed by atoms with E-state index in [1.165, 1.54) is 16.2 Å². The van der Waals surface area contributed by atoms with Crippen molar-refractivity contribution in [3.05, 3.63) is 88.1 Å². The number of thiophene rings is 1. The molecule has 0 fully saturated rings. The van der Waals surface area contributed by atoms with Gasteiger partial charge in [-0.1, -0.05) is 41.0 Å². The van der Waals surface area contributed by atoms with Gasteiger partial charge in [-0.05, 0) is 41.8 Å². The number of hydrogen-bond acceptors (Lipinski definition) is 6. The highest BCUT2D eigenvalue weighted by molar-refractivity contribution is 7.13. The lowest BCUT2D eigenvalue weighted by Crippen LogP contribution is -2.26. The summed E-state index contributed by atoms with van der Waals surface area (Å²) >= 11 is 7.67. The number of rotatable bonds is 7. The standard InChI is InChI=1S/C22H18ClN3O3S/c1-26(13-20-24-21(25-29-20)19-7-4-12-30-19)22(27)15-8-10-17(11-9-15)28-14-16-5-2-3-6-18(16)23/h2-12H,13-14H2,1H3. The SMILES string of the molecule is CN(Cc1nc(-c2cccs2)no1)C(=O)c1ccc(OCc2ccccc2Cl)cc1. The van der Waals surface area contributed by atoms with Crippen LogP contribution in [0.4, 0.5) is 0 Å². The van der Waals surface area contributed by atoms with E-state index in [1.807, 2.05) is 41.8 Å². The molecule has 8 heteroatoms. The molecule has 4 rings (SSSR count). The molecule has 0 aliphatic carbocycles. The molecule has 0 spiro atoms. The molecule has 0 bridgehead atoms. The predicted molar refractivity (Wildman–Crippen MR) is 116 cm³/mol. The summed E-state index contributed by atoms with van der Waals surface area (Å²) in [5, 5.41) is 6.58. The number of ether oxygens (including phenoxy) is 1. The lowest BCUT2D eigenvalue weighted by Gasteiger charge is -2.15. The van der Waals surface area contributed by atoms with Gasteiger partial charge in [0, 0.05) is 23.2 Å². The number of halogens is 1. The fraction of sp³-hybridized carbons (Fsp3) is 0.136. The monoisotopic (exact) mass is 439 g/mol. The zero-order chi connectivity index (χ0) is 20.9. The Bertz CT molecular complexity index is 1130. The Morgan fingerprint density at radius 1 is 1.13 bits per heavy atom. The highest BCUT2D eigenvalue weighted by atomic mass is 35.5. The molecular weight excluding hydrogens is 422 g/mol. The maximum absolute atomic E-state index is 12.7. The normalized spacial score (nSPS) is 10.7. The van der Waals surface area contributed by atoms with Crippen molar-refractivity contribution in [3.63, 3.8) is 0 Å². The number of carbonyl (C=O) groups excluding carboxylic acids is 1. The molecule has 0 saturated carbocycles. The number of carbonyl (C=O) groups is 1. The van der Waals surface area contributed by atoms with Crippen LogP contribution in [0.1, 0.15) is 21.8 Å². The summed E-state index contributed by atoms with van der Waals surface area (Å²) in [6, 6.07) is 18.4. The minimum Gasteiger partial charge on any atom is -0.489 e. The van der Waals surface area contributed by atoms with E-state index in [-0.39, 0.29) is 12.5 Å². The molecule has 30 heavy (non-hydrogen) atoms. The van der Waals surface area contributed by atoms with Gasteiger partial charge >= 0.3 is 0 Å². The van der Waals surface area contributed by atoms with Gasteiger partial charge in [-0.2, -0.15) is 4.98 Å². The van der Waals surface area contributed by atoms with Crippen LogP contribution in [0.15, 0.2) is 70.6 Å². The number of amides is 1. The summed E-state index contributed by atoms with van der Waals surface area (Å²) in [6.07, 6.45) is 0. The summed E-state index contributed by atoms with van der Waals surface area (Å²) in [6.45, 7) is 0.582. The van der Waals surface area contributed by atoms with Gasteiger partial charge in [0.2, 0.25) is 11.7 Å². The Balaban J connectivity index is 1.35. The highest BCUT2D eigenvalue weighted by Gasteiger charge is 2.16. The van der Waals surface area contributed by atoms with Crippen LogP contribution in [0.2, 0.25) is 5.02 Å². The Hall–Kier alpha value is -3.16. The fourth-order valence-corrected chi connectivity index (χ4v) is 3.63. The quantitative estimate of drug-likeness (QED) is 0.390. The number of hydrogen-bond donors (Lipinski definition) is 0. The second kappa shape index (κ2) is 9.11. The van der Waals surface area contributed by atoms with Crippen molar-refractivity contribution < 1.29 is 14.1 Å². The van der Waals surface area contributed by atoms with Crippen LogP contribution >= 0.6 is 22.9 Å². The molecule has 2 heterocycles. The second-order valence-corrected chi connectivity index (χ2v) is 7.91. The van der Waals surface area contributed by atoms with Gasteiger partial charge in [0.25, 0.3) is 5.91 Å². The van der Waals surface area contributed by atoms with E-state index < -0.39 is 0 Å². The number of nitrogens with zero attached hydrogens (tertiary/aromatic N) is 3. The lowest BCUT2D eigenvalue weighted by molar-refractivity contribution is 0.0769. The highest BCUT2D eigenvalue weighted by Crippen LogP contribution is 2.22. The molecule has 0 unspecified atom stereocenters. The topological polar surface area (TPSA) is 68.5 Å². The molecule has 0 atom stereocenters. The fourth-order valence-electron chi connectivity index (χ4n) is 2.79. The zero-order valence-electron chi connectivity index (χ0n) is 16.1. The first-order valence-corrected chi connectivity index (χ1v) is 10.4. The second-order valence-electron chi connectivity index (χ2n) is 6.55. The third kappa shape index (κ3) is 4.69. The average Bonchev–Trinajstić information content (AvgIpc) is 3.45. The molecule has 152 valence electrons. The van der Waals surface area contributed by atoms with Crippen molar-refractivity contribution in [2.24, 2.45) is 0 Å². The van der Waals surface area contributed by atoms with Crippen LogP contribution in [0.25, 0.3) is 10.7 Å². The van der Waals surface area contributed by atoms with Gasteiger partial charge in [0.15, 0.2) is 0 Å². The summed E-state index contributed by atoms with van der Waals surface area (Å²) in [5.74, 6) is 1.42. The number of aromatic nitrogens is 2. The van der Waals surface area contributed by atoms with E-state index in [1.54, 1.807) is 31.3 Å². The van der Waals surface area contributed by atoms with Crippen LogP contribution < -0.4 is 4.74 Å². The van der Waals surface area contributed by atoms with Gasteiger partial charge in [-0.15, -0.1) is 11.3 Å². The van der Waals surface area contributed by atoms with Crippen LogP contribution in [0, 0.1) is 0 Å². The Morgan fingerprint density at radius 2 is 1.93 bits per heavy atom. The zero-order valence-corrected chi connectivity index (χ0v) is 17.7. The molecule has 0 N–H and O–H groups in total. The third-order valence-corrected chi connectivity index (χ3v) is 5.62. The largest absolute Gasteiger partial charge is 0.489 e. The van der Waals surface area contributed by atoms with E-state index in [0.29, 0.717) is 34.7 Å². The van der Waals surface area contributed by atoms with Crippen LogP contribution in [-0.2, 0) is 13.2 Å². The van der Waals surface area contributed by atoms with Gasteiger partial charge in [-0.3, -0.25) is 4.79 Å². The maximum atomic E-state index is 12.7. The smallest absolute Gasteiger partial charge is 0.254 e. The van der Waals surface area contributed by atoms with Crippen molar-refractivity contribution in [1.82, 2.24) is 15.0 Å². The minimum atomic E-state index is -0.150. The first-order chi connectivity index (χ1) is 14.6. The summed E-state index contributed by atoms with van der Waals surface area (Å²) in [5.41, 5.74) is 1.45.